The largest absolute Gasteiger partial charge is 0.465 e. The van der Waals surface area contributed by atoms with Crippen molar-refractivity contribution in [2.45, 2.75) is 12.8 Å². The number of aromatic nitrogens is 1. The average Bonchev–Trinajstić information content (AvgIpc) is 2.39. The summed E-state index contributed by atoms with van der Waals surface area (Å²) in [6.07, 6.45) is 3.66. The first-order chi connectivity index (χ1) is 9.06. The highest BCUT2D eigenvalue weighted by molar-refractivity contribution is 5.97. The van der Waals surface area contributed by atoms with Crippen LogP contribution in [0, 0.1) is 0 Å². The molecule has 0 aromatic carbocycles. The Balaban J connectivity index is 2.52. The SMILES string of the molecule is COC(=O)c1ccnc(NCCCCN(C)C)c1N. The molecule has 0 aliphatic heterocycles. The number of carbonyl (C=O) groups is 1. The second-order valence-electron chi connectivity index (χ2n) is 4.55. The van der Waals surface area contributed by atoms with Crippen molar-refractivity contribution in [3.63, 3.8) is 0 Å². The van der Waals surface area contributed by atoms with E-state index in [2.05, 4.69) is 19.9 Å². The monoisotopic (exact) mass is 266 g/mol. The van der Waals surface area contributed by atoms with E-state index in [9.17, 15) is 4.79 Å². The van der Waals surface area contributed by atoms with E-state index in [1.165, 1.54) is 7.11 Å². The Bertz CT molecular complexity index is 421. The van der Waals surface area contributed by atoms with Crippen molar-refractivity contribution < 1.29 is 9.53 Å². The fourth-order valence-electron chi connectivity index (χ4n) is 1.66. The zero-order chi connectivity index (χ0) is 14.3. The Labute approximate surface area is 113 Å². The highest BCUT2D eigenvalue weighted by atomic mass is 16.5. The number of anilines is 2. The molecule has 0 saturated carbocycles. The zero-order valence-corrected chi connectivity index (χ0v) is 11.8. The topological polar surface area (TPSA) is 80.5 Å². The summed E-state index contributed by atoms with van der Waals surface area (Å²) in [6, 6.07) is 1.55. The van der Waals surface area contributed by atoms with Crippen LogP contribution < -0.4 is 11.1 Å². The van der Waals surface area contributed by atoms with Crippen LogP contribution in [0.5, 0.6) is 0 Å². The Morgan fingerprint density at radius 3 is 2.84 bits per heavy atom. The maximum absolute atomic E-state index is 11.5. The number of carbonyl (C=O) groups excluding carboxylic acids is 1. The van der Waals surface area contributed by atoms with Crippen molar-refractivity contribution in [3.05, 3.63) is 17.8 Å². The van der Waals surface area contributed by atoms with Crippen LogP contribution in [0.2, 0.25) is 0 Å². The van der Waals surface area contributed by atoms with Crippen LogP contribution in [0.4, 0.5) is 11.5 Å². The second-order valence-corrected chi connectivity index (χ2v) is 4.55. The van der Waals surface area contributed by atoms with Gasteiger partial charge in [0.2, 0.25) is 0 Å². The summed E-state index contributed by atoms with van der Waals surface area (Å²) in [4.78, 5) is 17.8. The molecule has 0 bridgehead atoms. The quantitative estimate of drug-likeness (QED) is 0.570. The minimum absolute atomic E-state index is 0.335. The number of nitrogen functional groups attached to an aromatic ring is 1. The van der Waals surface area contributed by atoms with Gasteiger partial charge in [0.05, 0.1) is 18.4 Å². The van der Waals surface area contributed by atoms with Crippen molar-refractivity contribution in [1.82, 2.24) is 9.88 Å². The summed E-state index contributed by atoms with van der Waals surface area (Å²) in [6.45, 7) is 1.82. The maximum Gasteiger partial charge on any atom is 0.340 e. The van der Waals surface area contributed by atoms with Gasteiger partial charge >= 0.3 is 5.97 Å². The molecule has 6 heteroatoms. The molecule has 1 aromatic rings. The van der Waals surface area contributed by atoms with E-state index in [4.69, 9.17) is 5.73 Å². The summed E-state index contributed by atoms with van der Waals surface area (Å²) < 4.78 is 4.66. The predicted molar refractivity (Wildman–Crippen MR) is 76.3 cm³/mol. The first-order valence-corrected chi connectivity index (χ1v) is 6.27. The van der Waals surface area contributed by atoms with Gasteiger partial charge in [0, 0.05) is 12.7 Å². The van der Waals surface area contributed by atoms with Gasteiger partial charge < -0.3 is 20.7 Å². The lowest BCUT2D eigenvalue weighted by Crippen LogP contribution is -2.15. The molecule has 19 heavy (non-hydrogen) atoms. The van der Waals surface area contributed by atoms with E-state index in [-0.39, 0.29) is 0 Å². The molecule has 0 unspecified atom stereocenters. The van der Waals surface area contributed by atoms with Crippen molar-refractivity contribution in [1.29, 1.82) is 0 Å². The van der Waals surface area contributed by atoms with Crippen LogP contribution >= 0.6 is 0 Å². The van der Waals surface area contributed by atoms with Crippen LogP contribution in [0.3, 0.4) is 0 Å². The van der Waals surface area contributed by atoms with Crippen LogP contribution in [-0.4, -0.2) is 50.1 Å². The van der Waals surface area contributed by atoms with Gasteiger partial charge in [-0.05, 0) is 39.5 Å². The van der Waals surface area contributed by atoms with Gasteiger partial charge in [0.15, 0.2) is 0 Å². The molecular weight excluding hydrogens is 244 g/mol. The number of esters is 1. The standard InChI is InChI=1S/C13H22N4O2/c1-17(2)9-5-4-7-15-12-11(14)10(6-8-16-12)13(18)19-3/h6,8H,4-5,7,9,14H2,1-3H3,(H,15,16). The molecular formula is C13H22N4O2. The lowest BCUT2D eigenvalue weighted by molar-refractivity contribution is 0.0602. The van der Waals surface area contributed by atoms with Crippen LogP contribution in [-0.2, 0) is 4.74 Å². The third kappa shape index (κ3) is 4.75. The normalized spacial score (nSPS) is 10.5. The van der Waals surface area contributed by atoms with Gasteiger partial charge in [0.1, 0.15) is 5.82 Å². The number of ether oxygens (including phenoxy) is 1. The van der Waals surface area contributed by atoms with Crippen LogP contribution in [0.25, 0.3) is 0 Å². The highest BCUT2D eigenvalue weighted by Crippen LogP contribution is 2.20. The molecule has 3 N–H and O–H groups in total. The number of unbranched alkanes of at least 4 members (excludes halogenated alkanes) is 1. The summed E-state index contributed by atoms with van der Waals surface area (Å²) in [7, 11) is 5.43. The number of nitrogens with zero attached hydrogens (tertiary/aromatic N) is 2. The molecule has 106 valence electrons. The molecule has 1 heterocycles. The van der Waals surface area contributed by atoms with E-state index in [0.29, 0.717) is 17.1 Å². The molecule has 0 radical (unpaired) electrons. The van der Waals surface area contributed by atoms with Gasteiger partial charge in [-0.25, -0.2) is 9.78 Å². The molecule has 0 atom stereocenters. The molecule has 0 fully saturated rings. The molecule has 1 aromatic heterocycles. The Kier molecular flexibility index (Phi) is 6.08. The molecule has 0 spiro atoms. The van der Waals surface area contributed by atoms with Crippen LogP contribution in [0.1, 0.15) is 23.2 Å². The van der Waals surface area contributed by atoms with E-state index in [1.54, 1.807) is 12.3 Å². The maximum atomic E-state index is 11.5. The summed E-state index contributed by atoms with van der Waals surface area (Å²) >= 11 is 0. The Morgan fingerprint density at radius 1 is 1.47 bits per heavy atom. The third-order valence-corrected chi connectivity index (χ3v) is 2.72. The lowest BCUT2D eigenvalue weighted by atomic mass is 10.2. The van der Waals surface area contributed by atoms with Crippen molar-refractivity contribution in [2.24, 2.45) is 0 Å². The summed E-state index contributed by atoms with van der Waals surface area (Å²) in [5.41, 5.74) is 6.56. The van der Waals surface area contributed by atoms with Crippen molar-refractivity contribution >= 4 is 17.5 Å². The van der Waals surface area contributed by atoms with E-state index in [0.717, 1.165) is 25.9 Å². The number of hydrogen-bond donors (Lipinski definition) is 2. The molecule has 1 rings (SSSR count). The summed E-state index contributed by atoms with van der Waals surface area (Å²) in [5, 5.41) is 3.14. The highest BCUT2D eigenvalue weighted by Gasteiger charge is 2.13. The van der Waals surface area contributed by atoms with Gasteiger partial charge in [-0.15, -0.1) is 0 Å². The van der Waals surface area contributed by atoms with E-state index < -0.39 is 5.97 Å². The minimum Gasteiger partial charge on any atom is -0.465 e. The summed E-state index contributed by atoms with van der Waals surface area (Å²) in [5.74, 6) is 0.0864. The Hall–Kier alpha value is -1.82. The van der Waals surface area contributed by atoms with Gasteiger partial charge in [-0.2, -0.15) is 0 Å². The second kappa shape index (κ2) is 7.58. The fraction of sp³-hybridized carbons (Fsp3) is 0.538. The molecule has 0 saturated heterocycles. The van der Waals surface area contributed by atoms with E-state index >= 15 is 0 Å². The van der Waals surface area contributed by atoms with Gasteiger partial charge in [-0.1, -0.05) is 0 Å². The number of nitrogens with one attached hydrogen (secondary N) is 1. The fourth-order valence-corrected chi connectivity index (χ4v) is 1.66. The predicted octanol–water partition coefficient (Wildman–Crippen LogP) is 1.20. The van der Waals surface area contributed by atoms with Crippen molar-refractivity contribution in [2.75, 3.05) is 45.3 Å². The molecule has 0 aliphatic carbocycles. The number of nitrogens with two attached hydrogens (primary N) is 1. The van der Waals surface area contributed by atoms with E-state index in [1.807, 2.05) is 14.1 Å². The number of rotatable bonds is 7. The Morgan fingerprint density at radius 2 is 2.21 bits per heavy atom. The first-order valence-electron chi connectivity index (χ1n) is 6.27. The zero-order valence-electron chi connectivity index (χ0n) is 11.8. The molecule has 0 amide bonds. The van der Waals surface area contributed by atoms with Gasteiger partial charge in [0.25, 0.3) is 0 Å². The average molecular weight is 266 g/mol. The number of methoxy groups -OCH3 is 1. The smallest absolute Gasteiger partial charge is 0.340 e. The first kappa shape index (κ1) is 15.2. The van der Waals surface area contributed by atoms with Crippen LogP contribution in [0.15, 0.2) is 12.3 Å². The number of hydrogen-bond acceptors (Lipinski definition) is 6. The molecule has 6 nitrogen and oxygen atoms in total. The minimum atomic E-state index is -0.449. The number of pyridine rings is 1. The van der Waals surface area contributed by atoms with Gasteiger partial charge in [-0.3, -0.25) is 0 Å². The molecule has 0 aliphatic rings. The third-order valence-electron chi connectivity index (χ3n) is 2.72. The van der Waals surface area contributed by atoms with Crippen molar-refractivity contribution in [3.8, 4) is 0 Å². The lowest BCUT2D eigenvalue weighted by Gasteiger charge is -2.12.